The molecule has 2 aromatic heterocycles. The molecule has 12 heteroatoms. The predicted octanol–water partition coefficient (Wildman–Crippen LogP) is 1.76. The predicted molar refractivity (Wildman–Crippen MR) is 121 cm³/mol. The molecule has 3 heterocycles. The number of hydrogen-bond acceptors (Lipinski definition) is 7. The summed E-state index contributed by atoms with van der Waals surface area (Å²) in [5.41, 5.74) is 8.46. The van der Waals surface area contributed by atoms with Gasteiger partial charge in [0.1, 0.15) is 11.6 Å². The maximum absolute atomic E-state index is 13.9. The zero-order valence-electron chi connectivity index (χ0n) is 16.4. The topological polar surface area (TPSA) is 125 Å². The standard InChI is InChI=1S/C19H20FIN6O3S/c20-19-24-17(22)16-18(25-19)27(4-6-31(28,29)26-12-1-2-12)15(23-16)9-11-8-14-10(3-5-30-14)7-13(11)21/h7-8,12,26H,1-6,9H2,(H2,22,24,25). The molecule has 1 aromatic carbocycles. The molecule has 5 rings (SSSR count). The second kappa shape index (κ2) is 7.81. The monoisotopic (exact) mass is 558 g/mol. The molecule has 3 N–H and O–H groups in total. The minimum absolute atomic E-state index is 0.0207. The Kier molecular flexibility index (Phi) is 5.25. The molecule has 0 unspecified atom stereocenters. The highest BCUT2D eigenvalue weighted by atomic mass is 127. The Hall–Kier alpha value is -2.06. The van der Waals surface area contributed by atoms with Crippen LogP contribution in [0.25, 0.3) is 11.2 Å². The minimum Gasteiger partial charge on any atom is -0.493 e. The fourth-order valence-corrected chi connectivity index (χ4v) is 5.68. The van der Waals surface area contributed by atoms with E-state index in [1.54, 1.807) is 4.57 Å². The number of nitrogens with one attached hydrogen (secondary N) is 1. The Morgan fingerprint density at radius 3 is 2.87 bits per heavy atom. The van der Waals surface area contributed by atoms with Crippen LogP contribution in [-0.2, 0) is 29.4 Å². The molecule has 1 fully saturated rings. The summed E-state index contributed by atoms with van der Waals surface area (Å²) in [5, 5.41) is 0. The number of hydrogen-bond donors (Lipinski definition) is 2. The number of nitrogen functional groups attached to an aromatic ring is 1. The van der Waals surface area contributed by atoms with Crippen molar-refractivity contribution in [1.82, 2.24) is 24.2 Å². The van der Waals surface area contributed by atoms with Crippen molar-refractivity contribution in [3.63, 3.8) is 0 Å². The van der Waals surface area contributed by atoms with Gasteiger partial charge in [0, 0.05) is 29.0 Å². The molecule has 31 heavy (non-hydrogen) atoms. The lowest BCUT2D eigenvalue weighted by Crippen LogP contribution is -2.30. The highest BCUT2D eigenvalue weighted by molar-refractivity contribution is 14.1. The van der Waals surface area contributed by atoms with Gasteiger partial charge < -0.3 is 15.0 Å². The third-order valence-corrected chi connectivity index (χ3v) is 7.80. The fraction of sp³-hybridized carbons (Fsp3) is 0.421. The van der Waals surface area contributed by atoms with Crippen molar-refractivity contribution in [1.29, 1.82) is 0 Å². The average molecular weight is 558 g/mol. The number of ether oxygens (including phenoxy) is 1. The first-order valence-electron chi connectivity index (χ1n) is 9.91. The van der Waals surface area contributed by atoms with Crippen LogP contribution in [0.2, 0.25) is 0 Å². The third-order valence-electron chi connectivity index (χ3n) is 5.39. The van der Waals surface area contributed by atoms with Crippen molar-refractivity contribution < 1.29 is 17.5 Å². The maximum atomic E-state index is 13.9. The van der Waals surface area contributed by atoms with Gasteiger partial charge in [-0.25, -0.2) is 18.1 Å². The van der Waals surface area contributed by atoms with Crippen LogP contribution in [-0.4, -0.2) is 46.3 Å². The number of sulfonamides is 1. The van der Waals surface area contributed by atoms with Gasteiger partial charge in [-0.05, 0) is 58.7 Å². The van der Waals surface area contributed by atoms with E-state index in [1.165, 1.54) is 0 Å². The zero-order chi connectivity index (χ0) is 21.8. The van der Waals surface area contributed by atoms with Crippen molar-refractivity contribution >= 4 is 49.6 Å². The summed E-state index contributed by atoms with van der Waals surface area (Å²) in [7, 11) is -3.48. The number of benzene rings is 1. The van der Waals surface area contributed by atoms with Crippen LogP contribution >= 0.6 is 22.6 Å². The summed E-state index contributed by atoms with van der Waals surface area (Å²) < 4.78 is 49.7. The second-order valence-electron chi connectivity index (χ2n) is 7.77. The Bertz CT molecular complexity index is 1290. The molecule has 1 saturated carbocycles. The first-order chi connectivity index (χ1) is 14.8. The first-order valence-corrected chi connectivity index (χ1v) is 12.6. The normalized spacial score (nSPS) is 15.9. The van der Waals surface area contributed by atoms with Crippen LogP contribution in [0.4, 0.5) is 10.2 Å². The van der Waals surface area contributed by atoms with Crippen LogP contribution in [0.3, 0.4) is 0 Å². The van der Waals surface area contributed by atoms with E-state index in [2.05, 4.69) is 48.3 Å². The quantitative estimate of drug-likeness (QED) is 0.335. The lowest BCUT2D eigenvalue weighted by molar-refractivity contribution is 0.356. The first kappa shape index (κ1) is 20.8. The van der Waals surface area contributed by atoms with E-state index in [0.29, 0.717) is 18.9 Å². The maximum Gasteiger partial charge on any atom is 0.312 e. The summed E-state index contributed by atoms with van der Waals surface area (Å²) >= 11 is 2.27. The van der Waals surface area contributed by atoms with Gasteiger partial charge in [-0.3, -0.25) is 0 Å². The number of rotatable bonds is 7. The summed E-state index contributed by atoms with van der Waals surface area (Å²) in [5.74, 6) is 1.14. The summed E-state index contributed by atoms with van der Waals surface area (Å²) in [4.78, 5) is 12.0. The molecule has 9 nitrogen and oxygen atoms in total. The molecule has 0 spiro atoms. The Balaban J connectivity index is 1.52. The molecule has 3 aromatic rings. The smallest absolute Gasteiger partial charge is 0.312 e. The Labute approximate surface area is 191 Å². The number of imidazole rings is 1. The number of nitrogens with two attached hydrogens (primary N) is 1. The molecule has 1 aliphatic carbocycles. The lowest BCUT2D eigenvalue weighted by Gasteiger charge is -2.12. The third kappa shape index (κ3) is 4.32. The van der Waals surface area contributed by atoms with Gasteiger partial charge in [0.15, 0.2) is 17.0 Å². The van der Waals surface area contributed by atoms with E-state index in [1.807, 2.05) is 6.07 Å². The van der Waals surface area contributed by atoms with E-state index in [4.69, 9.17) is 10.5 Å². The highest BCUT2D eigenvalue weighted by Gasteiger charge is 2.27. The minimum atomic E-state index is -3.48. The second-order valence-corrected chi connectivity index (χ2v) is 10.8. The van der Waals surface area contributed by atoms with Crippen LogP contribution in [0.15, 0.2) is 12.1 Å². The Morgan fingerprint density at radius 1 is 1.29 bits per heavy atom. The summed E-state index contributed by atoms with van der Waals surface area (Å²) in [6, 6.07) is 4.09. The van der Waals surface area contributed by atoms with Crippen molar-refractivity contribution in [2.75, 3.05) is 18.1 Å². The number of aromatic nitrogens is 4. The highest BCUT2D eigenvalue weighted by Crippen LogP contribution is 2.31. The van der Waals surface area contributed by atoms with E-state index >= 15 is 0 Å². The van der Waals surface area contributed by atoms with Crippen molar-refractivity contribution in [3.8, 4) is 5.75 Å². The molecule has 0 atom stereocenters. The van der Waals surface area contributed by atoms with Gasteiger partial charge in [-0.1, -0.05) is 0 Å². The fourth-order valence-electron chi connectivity index (χ4n) is 3.68. The zero-order valence-corrected chi connectivity index (χ0v) is 19.4. The van der Waals surface area contributed by atoms with Gasteiger partial charge in [-0.15, -0.1) is 0 Å². The van der Waals surface area contributed by atoms with Crippen LogP contribution in [0.5, 0.6) is 5.75 Å². The molecule has 0 amide bonds. The number of aryl methyl sites for hydroxylation is 1. The number of halogens is 2. The molecule has 2 aliphatic rings. The largest absolute Gasteiger partial charge is 0.493 e. The van der Waals surface area contributed by atoms with Crippen LogP contribution in [0, 0.1) is 9.65 Å². The van der Waals surface area contributed by atoms with Gasteiger partial charge >= 0.3 is 6.08 Å². The van der Waals surface area contributed by atoms with Crippen molar-refractivity contribution in [3.05, 3.63) is 38.7 Å². The summed E-state index contributed by atoms with van der Waals surface area (Å²) in [6.07, 6.45) is 2.00. The number of nitrogens with zero attached hydrogens (tertiary/aromatic N) is 4. The van der Waals surface area contributed by atoms with Crippen LogP contribution in [0.1, 0.15) is 29.8 Å². The van der Waals surface area contributed by atoms with Gasteiger partial charge in [-0.2, -0.15) is 14.4 Å². The van der Waals surface area contributed by atoms with E-state index in [-0.39, 0.29) is 35.3 Å². The van der Waals surface area contributed by atoms with Crippen LogP contribution < -0.4 is 15.2 Å². The van der Waals surface area contributed by atoms with Crippen molar-refractivity contribution in [2.24, 2.45) is 0 Å². The van der Waals surface area contributed by atoms with Crippen molar-refractivity contribution in [2.45, 2.75) is 38.3 Å². The van der Waals surface area contributed by atoms with E-state index in [0.717, 1.165) is 39.7 Å². The lowest BCUT2D eigenvalue weighted by atomic mass is 10.1. The number of fused-ring (bicyclic) bond motifs is 2. The number of anilines is 1. The van der Waals surface area contributed by atoms with E-state index < -0.39 is 16.1 Å². The molecular weight excluding hydrogens is 538 g/mol. The summed E-state index contributed by atoms with van der Waals surface area (Å²) in [6.45, 7) is 0.729. The molecule has 0 saturated heterocycles. The molecule has 164 valence electrons. The SMILES string of the molecule is Nc1nc(F)nc2c1nc(Cc1cc3c(cc1I)CCO3)n2CCS(=O)(=O)NC1CC1. The molecule has 0 bridgehead atoms. The van der Waals surface area contributed by atoms with E-state index in [9.17, 15) is 12.8 Å². The molecule has 0 radical (unpaired) electrons. The van der Waals surface area contributed by atoms with Gasteiger partial charge in [0.05, 0.1) is 12.4 Å². The Morgan fingerprint density at radius 2 is 2.10 bits per heavy atom. The van der Waals surface area contributed by atoms with Gasteiger partial charge in [0.2, 0.25) is 10.0 Å². The average Bonchev–Trinajstić information content (AvgIpc) is 3.25. The van der Waals surface area contributed by atoms with Gasteiger partial charge in [0.25, 0.3) is 0 Å². The molecule has 1 aliphatic heterocycles. The molecular formula is C19H20FIN6O3S.